The van der Waals surface area contributed by atoms with E-state index in [2.05, 4.69) is 44.9 Å². The average molecular weight is 353 g/mol. The monoisotopic (exact) mass is 352 g/mol. The third kappa shape index (κ3) is 19.7. The fraction of sp³-hybridized carbons (Fsp3) is 0.913. The minimum atomic E-state index is 0.461. The van der Waals surface area contributed by atoms with Crippen LogP contribution in [0.15, 0.2) is 12.8 Å². The van der Waals surface area contributed by atoms with Gasteiger partial charge in [0.25, 0.3) is 0 Å². The second-order valence-corrected chi connectivity index (χ2v) is 8.93. The number of hydrogen-bond donors (Lipinski definition) is 2. The van der Waals surface area contributed by atoms with Crippen LogP contribution >= 0.6 is 0 Å². The lowest BCUT2D eigenvalue weighted by atomic mass is 9.84. The van der Waals surface area contributed by atoms with Crippen molar-refractivity contribution in [1.82, 2.24) is 10.6 Å². The maximum absolute atomic E-state index is 3.73. The van der Waals surface area contributed by atoms with Gasteiger partial charge in [0.05, 0.1) is 0 Å². The number of unbranched alkanes of at least 4 members (excludes halogenated alkanes) is 6. The lowest BCUT2D eigenvalue weighted by Crippen LogP contribution is -2.21. The summed E-state index contributed by atoms with van der Waals surface area (Å²) in [4.78, 5) is 0. The molecular weight excluding hydrogens is 304 g/mol. The SMILES string of the molecule is C=CNCCCC(CCNCCCCCCCCC)CCC(C)(C)C. The molecule has 2 nitrogen and oxygen atoms in total. The van der Waals surface area contributed by atoms with Gasteiger partial charge in [-0.3, -0.25) is 0 Å². The molecule has 0 heterocycles. The number of hydrogen-bond acceptors (Lipinski definition) is 2. The van der Waals surface area contributed by atoms with Crippen LogP contribution in [0.3, 0.4) is 0 Å². The van der Waals surface area contributed by atoms with Crippen molar-refractivity contribution in [2.24, 2.45) is 11.3 Å². The molecule has 0 fully saturated rings. The van der Waals surface area contributed by atoms with Crippen LogP contribution < -0.4 is 10.6 Å². The minimum absolute atomic E-state index is 0.461. The van der Waals surface area contributed by atoms with E-state index < -0.39 is 0 Å². The van der Waals surface area contributed by atoms with Crippen LogP contribution in [-0.2, 0) is 0 Å². The van der Waals surface area contributed by atoms with E-state index in [1.54, 1.807) is 0 Å². The van der Waals surface area contributed by atoms with E-state index in [1.165, 1.54) is 90.1 Å². The van der Waals surface area contributed by atoms with E-state index in [0.29, 0.717) is 5.41 Å². The van der Waals surface area contributed by atoms with Crippen LogP contribution in [0.5, 0.6) is 0 Å². The van der Waals surface area contributed by atoms with Gasteiger partial charge in [0.1, 0.15) is 0 Å². The molecule has 0 saturated carbocycles. The third-order valence-corrected chi connectivity index (χ3v) is 5.07. The van der Waals surface area contributed by atoms with Crippen LogP contribution in [-0.4, -0.2) is 19.6 Å². The molecule has 0 aliphatic carbocycles. The second kappa shape index (κ2) is 16.9. The molecule has 0 radical (unpaired) electrons. The molecule has 0 aromatic rings. The highest BCUT2D eigenvalue weighted by Gasteiger charge is 2.15. The summed E-state index contributed by atoms with van der Waals surface area (Å²) in [7, 11) is 0. The van der Waals surface area contributed by atoms with E-state index >= 15 is 0 Å². The number of nitrogens with one attached hydrogen (secondary N) is 2. The third-order valence-electron chi connectivity index (χ3n) is 5.07. The molecule has 0 aliphatic rings. The normalized spacial score (nSPS) is 13.0. The van der Waals surface area contributed by atoms with E-state index in [-0.39, 0.29) is 0 Å². The molecule has 0 amide bonds. The molecule has 150 valence electrons. The molecule has 2 heteroatoms. The molecule has 0 aromatic carbocycles. The molecule has 1 unspecified atom stereocenters. The highest BCUT2D eigenvalue weighted by Crippen LogP contribution is 2.27. The maximum Gasteiger partial charge on any atom is 0.0141 e. The molecular formula is C23H48N2. The van der Waals surface area contributed by atoms with Crippen molar-refractivity contribution in [2.75, 3.05) is 19.6 Å². The molecule has 0 saturated heterocycles. The zero-order valence-corrected chi connectivity index (χ0v) is 18.0. The van der Waals surface area contributed by atoms with Crippen molar-refractivity contribution < 1.29 is 0 Å². The largest absolute Gasteiger partial charge is 0.391 e. The Morgan fingerprint density at radius 2 is 1.48 bits per heavy atom. The Morgan fingerprint density at radius 1 is 0.800 bits per heavy atom. The van der Waals surface area contributed by atoms with Gasteiger partial charge in [0.2, 0.25) is 0 Å². The summed E-state index contributed by atoms with van der Waals surface area (Å²) < 4.78 is 0. The van der Waals surface area contributed by atoms with Crippen LogP contribution in [0.4, 0.5) is 0 Å². The first kappa shape index (κ1) is 24.5. The highest BCUT2D eigenvalue weighted by molar-refractivity contribution is 4.70. The van der Waals surface area contributed by atoms with Crippen molar-refractivity contribution >= 4 is 0 Å². The first-order chi connectivity index (χ1) is 12.0. The Morgan fingerprint density at radius 3 is 2.12 bits per heavy atom. The van der Waals surface area contributed by atoms with Crippen molar-refractivity contribution in [3.05, 3.63) is 12.8 Å². The van der Waals surface area contributed by atoms with E-state index in [9.17, 15) is 0 Å². The van der Waals surface area contributed by atoms with E-state index in [0.717, 1.165) is 12.5 Å². The van der Waals surface area contributed by atoms with Crippen LogP contribution in [0.1, 0.15) is 105 Å². The predicted molar refractivity (Wildman–Crippen MR) is 115 cm³/mol. The van der Waals surface area contributed by atoms with Gasteiger partial charge in [-0.05, 0) is 69.1 Å². The van der Waals surface area contributed by atoms with Gasteiger partial charge < -0.3 is 10.6 Å². The standard InChI is InChI=1S/C23H48N2/c1-6-8-9-10-11-12-13-19-25-21-17-22(15-14-20-24-7-2)16-18-23(3,4)5/h7,22,24-25H,2,6,8-21H2,1,3-5H3. The molecule has 0 spiro atoms. The maximum atomic E-state index is 3.73. The van der Waals surface area contributed by atoms with Gasteiger partial charge >= 0.3 is 0 Å². The van der Waals surface area contributed by atoms with Crippen molar-refractivity contribution in [1.29, 1.82) is 0 Å². The lowest BCUT2D eigenvalue weighted by molar-refractivity contribution is 0.298. The molecule has 0 bridgehead atoms. The first-order valence-corrected chi connectivity index (χ1v) is 11.0. The van der Waals surface area contributed by atoms with Gasteiger partial charge in [-0.2, -0.15) is 0 Å². The molecule has 0 rings (SSSR count). The van der Waals surface area contributed by atoms with Crippen LogP contribution in [0.25, 0.3) is 0 Å². The molecule has 2 N–H and O–H groups in total. The van der Waals surface area contributed by atoms with E-state index in [1.807, 2.05) is 6.20 Å². The summed E-state index contributed by atoms with van der Waals surface area (Å²) in [6, 6.07) is 0. The predicted octanol–water partition coefficient (Wildman–Crippen LogP) is 6.67. The van der Waals surface area contributed by atoms with Crippen molar-refractivity contribution in [2.45, 2.75) is 105 Å². The average Bonchev–Trinajstić information content (AvgIpc) is 2.56. The fourth-order valence-corrected chi connectivity index (χ4v) is 3.30. The quantitative estimate of drug-likeness (QED) is 0.269. The Labute approximate surface area is 159 Å². The van der Waals surface area contributed by atoms with Crippen LogP contribution in [0.2, 0.25) is 0 Å². The molecule has 1 atom stereocenters. The zero-order valence-electron chi connectivity index (χ0n) is 18.0. The van der Waals surface area contributed by atoms with Gasteiger partial charge in [0, 0.05) is 6.54 Å². The Bertz CT molecular complexity index is 280. The summed E-state index contributed by atoms with van der Waals surface area (Å²) in [6.07, 6.45) is 18.3. The van der Waals surface area contributed by atoms with E-state index in [4.69, 9.17) is 0 Å². The highest BCUT2D eigenvalue weighted by atomic mass is 14.8. The smallest absolute Gasteiger partial charge is 0.0141 e. The molecule has 0 aliphatic heterocycles. The van der Waals surface area contributed by atoms with Crippen LogP contribution in [0, 0.1) is 11.3 Å². The Kier molecular flexibility index (Phi) is 16.6. The van der Waals surface area contributed by atoms with Gasteiger partial charge in [0.15, 0.2) is 0 Å². The fourth-order valence-electron chi connectivity index (χ4n) is 3.30. The molecule has 25 heavy (non-hydrogen) atoms. The summed E-state index contributed by atoms with van der Waals surface area (Å²) in [6.45, 7) is 16.6. The minimum Gasteiger partial charge on any atom is -0.391 e. The lowest BCUT2D eigenvalue weighted by Gasteiger charge is -2.23. The van der Waals surface area contributed by atoms with Gasteiger partial charge in [-0.25, -0.2) is 0 Å². The number of rotatable bonds is 18. The van der Waals surface area contributed by atoms with Gasteiger partial charge in [-0.1, -0.05) is 72.8 Å². The van der Waals surface area contributed by atoms with Crippen molar-refractivity contribution in [3.8, 4) is 0 Å². The second-order valence-electron chi connectivity index (χ2n) is 8.93. The van der Waals surface area contributed by atoms with Gasteiger partial charge in [-0.15, -0.1) is 0 Å². The summed E-state index contributed by atoms with van der Waals surface area (Å²) in [5.74, 6) is 0.868. The van der Waals surface area contributed by atoms with Crippen molar-refractivity contribution in [3.63, 3.8) is 0 Å². The topological polar surface area (TPSA) is 24.1 Å². The Balaban J connectivity index is 3.72. The zero-order chi connectivity index (χ0) is 18.8. The Hall–Kier alpha value is -0.500. The first-order valence-electron chi connectivity index (χ1n) is 11.0. The summed E-state index contributed by atoms with van der Waals surface area (Å²) in [5, 5.41) is 6.92. The summed E-state index contributed by atoms with van der Waals surface area (Å²) >= 11 is 0. The molecule has 0 aromatic heterocycles. The summed E-state index contributed by atoms with van der Waals surface area (Å²) in [5.41, 5.74) is 0.461.